The summed E-state index contributed by atoms with van der Waals surface area (Å²) in [7, 11) is 3.87. The van der Waals surface area contributed by atoms with Crippen LogP contribution in [0.5, 0.6) is 0 Å². The number of likely N-dealkylation sites (N-methyl/N-ethyl adjacent to an activating group) is 1. The van der Waals surface area contributed by atoms with Gasteiger partial charge in [0, 0.05) is 61.9 Å². The second kappa shape index (κ2) is 12.5. The lowest BCUT2D eigenvalue weighted by atomic mass is 10.1. The molecule has 4 aromatic heterocycles. The lowest BCUT2D eigenvalue weighted by Gasteiger charge is -2.39. The number of nitrogens with one attached hydrogen (secondary N) is 3. The predicted molar refractivity (Wildman–Crippen MR) is 154 cm³/mol. The molecule has 4 aromatic rings. The number of hydrogen-bond acceptors (Lipinski definition) is 10. The van der Waals surface area contributed by atoms with Gasteiger partial charge in [-0.3, -0.25) is 19.7 Å². The van der Waals surface area contributed by atoms with Gasteiger partial charge < -0.3 is 20.9 Å². The molecule has 1 aliphatic heterocycles. The quantitative estimate of drug-likeness (QED) is 0.243. The molecule has 0 aromatic carbocycles. The highest BCUT2D eigenvalue weighted by molar-refractivity contribution is 6.00. The summed E-state index contributed by atoms with van der Waals surface area (Å²) in [5.74, 6) is 0.924. The summed E-state index contributed by atoms with van der Waals surface area (Å²) in [5.41, 5.74) is 3.10. The van der Waals surface area contributed by atoms with E-state index in [0.717, 1.165) is 30.0 Å². The fraction of sp³-hybridized carbons (Fsp3) is 0.286. The second-order valence-electron chi connectivity index (χ2n) is 9.72. The Morgan fingerprint density at radius 1 is 1.07 bits per heavy atom. The van der Waals surface area contributed by atoms with E-state index in [1.165, 1.54) is 6.08 Å². The van der Waals surface area contributed by atoms with Crippen LogP contribution >= 0.6 is 0 Å². The first-order valence-electron chi connectivity index (χ1n) is 12.9. The van der Waals surface area contributed by atoms with Crippen molar-refractivity contribution in [3.05, 3.63) is 67.3 Å². The van der Waals surface area contributed by atoms with Crippen molar-refractivity contribution in [3.8, 4) is 11.4 Å². The molecule has 0 unspecified atom stereocenters. The van der Waals surface area contributed by atoms with E-state index in [4.69, 9.17) is 4.98 Å². The Morgan fingerprint density at radius 3 is 2.70 bits per heavy atom. The Hall–Kier alpha value is -4.55. The van der Waals surface area contributed by atoms with Crippen LogP contribution < -0.4 is 16.0 Å². The number of halogens is 1. The zero-order chi connectivity index (χ0) is 27.9. The van der Waals surface area contributed by atoms with E-state index < -0.39 is 0 Å². The zero-order valence-corrected chi connectivity index (χ0v) is 22.4. The first-order chi connectivity index (χ1) is 19.5. The number of anilines is 4. The van der Waals surface area contributed by atoms with Gasteiger partial charge in [0.05, 0.1) is 23.6 Å². The molecule has 3 N–H and O–H groups in total. The summed E-state index contributed by atoms with van der Waals surface area (Å²) in [6.45, 7) is 2.44. The zero-order valence-electron chi connectivity index (χ0n) is 22.4. The smallest absolute Gasteiger partial charge is 0.248 e. The predicted octanol–water partition coefficient (Wildman–Crippen LogP) is 3.35. The summed E-state index contributed by atoms with van der Waals surface area (Å²) in [6.07, 6.45) is 10.0. The standard InChI is InChI=1S/C28H31FN10O/c1-38(2)12-3-4-25(40)35-20-8-11-30-23(14-20)27-26-19(7-10-31-27)15-33-28(37-26)36-21-5-6-24(32-16-21)34-22-17-39(18-22)13-9-29/h3-8,10-11,14-16,22H,9,12-13,17-18H2,1-2H3,(H,32,34)(H,30,35,40)(H,33,36,37). The number of likely N-dealkylation sites (tertiary alicyclic amines) is 1. The van der Waals surface area contributed by atoms with E-state index in [1.807, 2.05) is 37.2 Å². The number of nitrogens with zero attached hydrogens (tertiary/aromatic N) is 7. The van der Waals surface area contributed by atoms with Crippen LogP contribution in [0.3, 0.4) is 0 Å². The minimum Gasteiger partial charge on any atom is -0.365 e. The molecule has 40 heavy (non-hydrogen) atoms. The van der Waals surface area contributed by atoms with Crippen molar-refractivity contribution in [2.45, 2.75) is 6.04 Å². The van der Waals surface area contributed by atoms with E-state index in [2.05, 4.69) is 40.8 Å². The number of pyridine rings is 3. The van der Waals surface area contributed by atoms with E-state index in [0.29, 0.717) is 41.6 Å². The van der Waals surface area contributed by atoms with Crippen LogP contribution in [-0.4, -0.2) is 93.6 Å². The lowest BCUT2D eigenvalue weighted by Crippen LogP contribution is -2.55. The summed E-state index contributed by atoms with van der Waals surface area (Å²) in [6, 6.07) is 9.38. The minimum absolute atomic E-state index is 0.222. The average Bonchev–Trinajstić information content (AvgIpc) is 2.92. The molecule has 0 spiro atoms. The summed E-state index contributed by atoms with van der Waals surface area (Å²) >= 11 is 0. The molecule has 0 bridgehead atoms. The molecule has 5 rings (SSSR count). The van der Waals surface area contributed by atoms with Gasteiger partial charge in [0.15, 0.2) is 0 Å². The van der Waals surface area contributed by atoms with Crippen LogP contribution in [0.1, 0.15) is 0 Å². The topological polar surface area (TPSA) is 124 Å². The Labute approximate surface area is 231 Å². The average molecular weight is 543 g/mol. The molecular formula is C28H31FN10O. The van der Waals surface area contributed by atoms with Gasteiger partial charge >= 0.3 is 0 Å². The lowest BCUT2D eigenvalue weighted by molar-refractivity contribution is -0.111. The molecule has 1 amide bonds. The van der Waals surface area contributed by atoms with Crippen molar-refractivity contribution >= 4 is 40.0 Å². The van der Waals surface area contributed by atoms with Crippen molar-refractivity contribution in [1.29, 1.82) is 0 Å². The van der Waals surface area contributed by atoms with Crippen LogP contribution in [0.25, 0.3) is 22.3 Å². The maximum Gasteiger partial charge on any atom is 0.248 e. The second-order valence-corrected chi connectivity index (χ2v) is 9.72. The number of carbonyl (C=O) groups excluding carboxylic acids is 1. The Morgan fingerprint density at radius 2 is 1.93 bits per heavy atom. The summed E-state index contributed by atoms with van der Waals surface area (Å²) in [4.78, 5) is 38.9. The van der Waals surface area contributed by atoms with Gasteiger partial charge in [-0.25, -0.2) is 19.3 Å². The summed E-state index contributed by atoms with van der Waals surface area (Å²) < 4.78 is 12.4. The highest BCUT2D eigenvalue weighted by Crippen LogP contribution is 2.26. The van der Waals surface area contributed by atoms with E-state index in [1.54, 1.807) is 43.0 Å². The molecule has 1 aliphatic rings. The van der Waals surface area contributed by atoms with Gasteiger partial charge in [0.1, 0.15) is 23.7 Å². The molecular weight excluding hydrogens is 511 g/mol. The van der Waals surface area contributed by atoms with Gasteiger partial charge in [0.25, 0.3) is 0 Å². The number of rotatable bonds is 11. The highest BCUT2D eigenvalue weighted by atomic mass is 19.1. The van der Waals surface area contributed by atoms with E-state index >= 15 is 0 Å². The maximum absolute atomic E-state index is 12.4. The SMILES string of the molecule is CN(C)CC=CC(=O)Nc1ccnc(-c2nccc3cnc(Nc4ccc(NC5CN(CCF)C5)nc4)nc23)c1. The molecule has 0 aliphatic carbocycles. The molecule has 1 fully saturated rings. The third-order valence-electron chi connectivity index (χ3n) is 6.24. The monoisotopic (exact) mass is 542 g/mol. The maximum atomic E-state index is 12.4. The van der Waals surface area contributed by atoms with Crippen molar-refractivity contribution in [2.24, 2.45) is 0 Å². The minimum atomic E-state index is -0.323. The third kappa shape index (κ3) is 6.90. The third-order valence-corrected chi connectivity index (χ3v) is 6.24. The molecule has 0 radical (unpaired) electrons. The van der Waals surface area contributed by atoms with Crippen LogP contribution in [0.15, 0.2) is 67.3 Å². The Bertz CT molecular complexity index is 1490. The van der Waals surface area contributed by atoms with Gasteiger partial charge in [0.2, 0.25) is 11.9 Å². The highest BCUT2D eigenvalue weighted by Gasteiger charge is 2.26. The van der Waals surface area contributed by atoms with Crippen molar-refractivity contribution < 1.29 is 9.18 Å². The molecule has 0 atom stereocenters. The van der Waals surface area contributed by atoms with Crippen molar-refractivity contribution in [1.82, 2.24) is 34.7 Å². The van der Waals surface area contributed by atoms with Crippen LogP contribution in [0.2, 0.25) is 0 Å². The van der Waals surface area contributed by atoms with E-state index in [9.17, 15) is 9.18 Å². The van der Waals surface area contributed by atoms with Crippen LogP contribution in [0, 0.1) is 0 Å². The van der Waals surface area contributed by atoms with Crippen molar-refractivity contribution in [3.63, 3.8) is 0 Å². The van der Waals surface area contributed by atoms with Gasteiger partial charge in [-0.1, -0.05) is 6.08 Å². The number of alkyl halides is 1. The van der Waals surface area contributed by atoms with Crippen LogP contribution in [-0.2, 0) is 4.79 Å². The number of hydrogen-bond donors (Lipinski definition) is 3. The fourth-order valence-corrected chi connectivity index (χ4v) is 4.25. The Kier molecular flexibility index (Phi) is 8.47. The summed E-state index contributed by atoms with van der Waals surface area (Å²) in [5, 5.41) is 10.2. The van der Waals surface area contributed by atoms with Gasteiger partial charge in [-0.2, -0.15) is 0 Å². The number of amides is 1. The number of carbonyl (C=O) groups is 1. The van der Waals surface area contributed by atoms with E-state index in [-0.39, 0.29) is 18.6 Å². The van der Waals surface area contributed by atoms with Crippen LogP contribution in [0.4, 0.5) is 27.5 Å². The Balaban J connectivity index is 1.28. The van der Waals surface area contributed by atoms with Gasteiger partial charge in [-0.05, 0) is 44.4 Å². The van der Waals surface area contributed by atoms with Gasteiger partial charge in [-0.15, -0.1) is 0 Å². The molecule has 5 heterocycles. The molecule has 11 nitrogen and oxygen atoms in total. The number of aromatic nitrogens is 5. The van der Waals surface area contributed by atoms with Crippen molar-refractivity contribution in [2.75, 3.05) is 62.9 Å². The largest absolute Gasteiger partial charge is 0.365 e. The first kappa shape index (κ1) is 27.0. The first-order valence-corrected chi connectivity index (χ1v) is 12.9. The normalized spacial score (nSPS) is 14.0. The molecule has 0 saturated carbocycles. The molecule has 206 valence electrons. The fourth-order valence-electron chi connectivity index (χ4n) is 4.25. The molecule has 1 saturated heterocycles. The molecule has 12 heteroatoms. The number of fused-ring (bicyclic) bond motifs is 1.